The van der Waals surface area contributed by atoms with E-state index >= 15 is 0 Å². The number of nitrogens with one attached hydrogen (secondary N) is 2. The maximum absolute atomic E-state index is 14.2. The molecule has 1 saturated carbocycles. The molecule has 2 amide bonds. The zero-order valence-corrected chi connectivity index (χ0v) is 27.0. The maximum Gasteiger partial charge on any atom is 0.235 e. The standard InChI is InChI=1S/C38H39ClN2O5/c1-4-24-12-7-10-16-30(24)40-36(43)34-32(42)22-38(3,45)35(37(44)41-31-17-11-8-13-25(31)5-2)33(34)26-18-20-28(21-19-26)46-23-27-14-6-9-15-29(27)39/h6-21,33-35,45H,4-5,22-23H2,1-3H3,(H,40,43)(H,41,44). The van der Waals surface area contributed by atoms with Gasteiger partial charge >= 0.3 is 0 Å². The van der Waals surface area contributed by atoms with Gasteiger partial charge in [0.05, 0.1) is 11.5 Å². The highest BCUT2D eigenvalue weighted by Crippen LogP contribution is 2.47. The van der Waals surface area contributed by atoms with Crippen LogP contribution in [0.3, 0.4) is 0 Å². The molecule has 0 aliphatic heterocycles. The molecule has 4 aromatic carbocycles. The highest BCUT2D eigenvalue weighted by molar-refractivity contribution is 6.31. The van der Waals surface area contributed by atoms with E-state index in [1.165, 1.54) is 6.92 Å². The smallest absolute Gasteiger partial charge is 0.235 e. The van der Waals surface area contributed by atoms with Crippen molar-refractivity contribution in [1.29, 1.82) is 0 Å². The second-order valence-electron chi connectivity index (χ2n) is 11.9. The highest BCUT2D eigenvalue weighted by atomic mass is 35.5. The normalized spacial score (nSPS) is 21.0. The van der Waals surface area contributed by atoms with E-state index in [1.807, 2.05) is 74.5 Å². The van der Waals surface area contributed by atoms with Gasteiger partial charge < -0.3 is 20.5 Å². The number of carbonyl (C=O) groups excluding carboxylic acids is 3. The molecule has 46 heavy (non-hydrogen) atoms. The molecule has 0 radical (unpaired) electrons. The lowest BCUT2D eigenvalue weighted by Crippen LogP contribution is -2.56. The molecule has 4 unspecified atom stereocenters. The summed E-state index contributed by atoms with van der Waals surface area (Å²) in [5.41, 5.74) is 2.77. The van der Waals surface area contributed by atoms with Crippen molar-refractivity contribution in [2.75, 3.05) is 10.6 Å². The first kappa shape index (κ1) is 32.9. The monoisotopic (exact) mass is 638 g/mol. The zero-order valence-electron chi connectivity index (χ0n) is 26.3. The number of rotatable bonds is 10. The van der Waals surface area contributed by atoms with Crippen molar-refractivity contribution in [2.45, 2.75) is 58.2 Å². The molecule has 0 aromatic heterocycles. The average Bonchev–Trinajstić information content (AvgIpc) is 3.04. The number of para-hydroxylation sites is 2. The van der Waals surface area contributed by atoms with Crippen LogP contribution < -0.4 is 15.4 Å². The Hall–Kier alpha value is -4.46. The number of aryl methyl sites for hydroxylation is 2. The highest BCUT2D eigenvalue weighted by Gasteiger charge is 2.56. The van der Waals surface area contributed by atoms with E-state index in [0.717, 1.165) is 16.7 Å². The number of carbonyl (C=O) groups is 3. The van der Waals surface area contributed by atoms with Crippen molar-refractivity contribution in [3.8, 4) is 5.75 Å². The molecule has 1 fully saturated rings. The Bertz CT molecular complexity index is 1720. The van der Waals surface area contributed by atoms with Crippen LogP contribution in [0.4, 0.5) is 11.4 Å². The van der Waals surface area contributed by atoms with Crippen molar-refractivity contribution < 1.29 is 24.2 Å². The SMILES string of the molecule is CCc1ccccc1NC(=O)C1C(=O)CC(C)(O)C(C(=O)Nc2ccccc2CC)C1c1ccc(OCc2ccccc2Cl)cc1. The van der Waals surface area contributed by atoms with Crippen molar-refractivity contribution in [3.05, 3.63) is 124 Å². The number of aliphatic hydroxyl groups is 1. The summed E-state index contributed by atoms with van der Waals surface area (Å²) in [6, 6.07) is 29.3. The lowest BCUT2D eigenvalue weighted by molar-refractivity contribution is -0.150. The third-order valence-corrected chi connectivity index (χ3v) is 9.13. The molecule has 1 aliphatic carbocycles. The van der Waals surface area contributed by atoms with Crippen LogP contribution in [0.5, 0.6) is 5.75 Å². The van der Waals surface area contributed by atoms with E-state index in [0.29, 0.717) is 40.6 Å². The van der Waals surface area contributed by atoms with Gasteiger partial charge in [-0.1, -0.05) is 92.2 Å². The molecular formula is C38H39ClN2O5. The summed E-state index contributed by atoms with van der Waals surface area (Å²) in [5.74, 6) is -4.17. The fourth-order valence-corrected chi connectivity index (χ4v) is 6.57. The van der Waals surface area contributed by atoms with Crippen molar-refractivity contribution in [2.24, 2.45) is 11.8 Å². The van der Waals surface area contributed by atoms with Gasteiger partial charge in [0.1, 0.15) is 24.1 Å². The molecule has 238 valence electrons. The lowest BCUT2D eigenvalue weighted by Gasteiger charge is -2.44. The molecular weight excluding hydrogens is 600 g/mol. The first-order valence-electron chi connectivity index (χ1n) is 15.6. The first-order chi connectivity index (χ1) is 22.1. The lowest BCUT2D eigenvalue weighted by atomic mass is 9.61. The molecule has 7 nitrogen and oxygen atoms in total. The van der Waals surface area contributed by atoms with Crippen LogP contribution in [0.25, 0.3) is 0 Å². The molecule has 4 atom stereocenters. The minimum absolute atomic E-state index is 0.249. The molecule has 3 N–H and O–H groups in total. The topological polar surface area (TPSA) is 105 Å². The summed E-state index contributed by atoms with van der Waals surface area (Å²) in [7, 11) is 0. The molecule has 1 aliphatic rings. The Kier molecular flexibility index (Phi) is 10.2. The van der Waals surface area contributed by atoms with E-state index < -0.39 is 41.0 Å². The number of halogens is 1. The predicted octanol–water partition coefficient (Wildman–Crippen LogP) is 7.36. The van der Waals surface area contributed by atoms with Gasteiger partial charge in [-0.2, -0.15) is 0 Å². The van der Waals surface area contributed by atoms with E-state index in [9.17, 15) is 19.5 Å². The van der Waals surface area contributed by atoms with Crippen molar-refractivity contribution >= 4 is 40.6 Å². The largest absolute Gasteiger partial charge is 0.489 e. The third-order valence-electron chi connectivity index (χ3n) is 8.76. The van der Waals surface area contributed by atoms with E-state index in [1.54, 1.807) is 36.4 Å². The van der Waals surface area contributed by atoms with Gasteiger partial charge in [-0.3, -0.25) is 14.4 Å². The summed E-state index contributed by atoms with van der Waals surface area (Å²) in [6.07, 6.45) is 1.03. The molecule has 5 rings (SSSR count). The Morgan fingerprint density at radius 2 is 1.33 bits per heavy atom. The second-order valence-corrected chi connectivity index (χ2v) is 12.3. The van der Waals surface area contributed by atoms with Crippen LogP contribution in [-0.2, 0) is 33.8 Å². The number of hydrogen-bond acceptors (Lipinski definition) is 5. The van der Waals surface area contributed by atoms with Gasteiger partial charge in [0.25, 0.3) is 0 Å². The van der Waals surface area contributed by atoms with E-state index in [2.05, 4.69) is 10.6 Å². The van der Waals surface area contributed by atoms with E-state index in [4.69, 9.17) is 16.3 Å². The second kappa shape index (κ2) is 14.3. The van der Waals surface area contributed by atoms with Gasteiger partial charge in [-0.25, -0.2) is 0 Å². The Labute approximate surface area is 275 Å². The minimum atomic E-state index is -1.72. The average molecular weight is 639 g/mol. The number of Topliss-reactive ketones (excluding diaryl/α,β-unsaturated/α-hetero) is 1. The van der Waals surface area contributed by atoms with Crippen molar-refractivity contribution in [1.82, 2.24) is 0 Å². The Balaban J connectivity index is 1.52. The third kappa shape index (κ3) is 7.16. The molecule has 0 spiro atoms. The van der Waals surface area contributed by atoms with E-state index in [-0.39, 0.29) is 13.0 Å². The summed E-state index contributed by atoms with van der Waals surface area (Å²) in [5, 5.41) is 18.3. The van der Waals surface area contributed by atoms with Crippen LogP contribution >= 0.6 is 11.6 Å². The molecule has 0 bridgehead atoms. The van der Waals surface area contributed by atoms with Gasteiger partial charge in [-0.05, 0) is 66.8 Å². The molecule has 0 heterocycles. The van der Waals surface area contributed by atoms with Crippen LogP contribution in [-0.4, -0.2) is 28.3 Å². The van der Waals surface area contributed by atoms with Gasteiger partial charge in [0.2, 0.25) is 11.8 Å². The molecule has 4 aromatic rings. The van der Waals surface area contributed by atoms with Crippen LogP contribution in [0.1, 0.15) is 55.4 Å². The number of amides is 2. The summed E-state index contributed by atoms with van der Waals surface area (Å²) in [6.45, 7) is 5.72. The zero-order chi connectivity index (χ0) is 32.8. The fourth-order valence-electron chi connectivity index (χ4n) is 6.38. The van der Waals surface area contributed by atoms with Gasteiger partial charge in [0, 0.05) is 34.3 Å². The van der Waals surface area contributed by atoms with Gasteiger partial charge in [0.15, 0.2) is 0 Å². The molecule has 8 heteroatoms. The summed E-state index contributed by atoms with van der Waals surface area (Å²) < 4.78 is 5.98. The minimum Gasteiger partial charge on any atom is -0.489 e. The predicted molar refractivity (Wildman–Crippen MR) is 181 cm³/mol. The summed E-state index contributed by atoms with van der Waals surface area (Å²) in [4.78, 5) is 42.0. The number of ketones is 1. The number of anilines is 2. The first-order valence-corrected chi connectivity index (χ1v) is 16.0. The Morgan fingerprint density at radius 1 is 0.804 bits per heavy atom. The maximum atomic E-state index is 14.2. The van der Waals surface area contributed by atoms with Crippen LogP contribution in [0.2, 0.25) is 5.02 Å². The van der Waals surface area contributed by atoms with Gasteiger partial charge in [-0.15, -0.1) is 0 Å². The number of ether oxygens (including phenoxy) is 1. The fraction of sp³-hybridized carbons (Fsp3) is 0.289. The molecule has 0 saturated heterocycles. The Morgan fingerprint density at radius 3 is 1.89 bits per heavy atom. The summed E-state index contributed by atoms with van der Waals surface area (Å²) >= 11 is 6.29. The number of hydrogen-bond donors (Lipinski definition) is 3. The van der Waals surface area contributed by atoms with Crippen LogP contribution in [0.15, 0.2) is 97.1 Å². The van der Waals surface area contributed by atoms with Crippen LogP contribution in [0, 0.1) is 11.8 Å². The van der Waals surface area contributed by atoms with Crippen molar-refractivity contribution in [3.63, 3.8) is 0 Å². The quantitative estimate of drug-likeness (QED) is 0.157. The number of benzene rings is 4.